The number of nitrogens with zero attached hydrogens (tertiary/aromatic N) is 1. The Balaban J connectivity index is 1.58. The molecule has 1 heterocycles. The molecule has 0 bridgehead atoms. The van der Waals surface area contributed by atoms with Crippen LogP contribution < -0.4 is 20.7 Å². The zero-order chi connectivity index (χ0) is 27.8. The molecule has 1 aromatic heterocycles. The molecule has 7 rings (SSSR count). The van der Waals surface area contributed by atoms with Gasteiger partial charge in [-0.25, -0.2) is 0 Å². The molecule has 6 aromatic carbocycles. The van der Waals surface area contributed by atoms with Crippen LogP contribution in [-0.2, 0) is 0 Å². The van der Waals surface area contributed by atoms with E-state index in [1.807, 2.05) is 0 Å². The van der Waals surface area contributed by atoms with Crippen molar-refractivity contribution in [3.63, 3.8) is 0 Å². The Kier molecular flexibility index (Phi) is 6.41. The van der Waals surface area contributed by atoms with Crippen molar-refractivity contribution in [3.05, 3.63) is 163 Å². The van der Waals surface area contributed by atoms with Crippen LogP contribution in [0.25, 0.3) is 27.5 Å². The summed E-state index contributed by atoms with van der Waals surface area (Å²) in [6.07, 6.45) is 0. The molecule has 0 atom stereocenters. The molecule has 0 aliphatic rings. The molecule has 0 fully saturated rings. The van der Waals surface area contributed by atoms with E-state index in [0.29, 0.717) is 5.92 Å². The second-order valence-electron chi connectivity index (χ2n) is 11.2. The van der Waals surface area contributed by atoms with Crippen LogP contribution in [0.15, 0.2) is 158 Å². The van der Waals surface area contributed by atoms with Crippen LogP contribution in [0.2, 0.25) is 0 Å². The van der Waals surface area contributed by atoms with Crippen molar-refractivity contribution in [3.8, 4) is 5.69 Å². The average molecular weight is 544 g/mol. The summed E-state index contributed by atoms with van der Waals surface area (Å²) in [6, 6.07) is 58.7. The van der Waals surface area contributed by atoms with Gasteiger partial charge >= 0.3 is 0 Å². The summed E-state index contributed by atoms with van der Waals surface area (Å²) in [5, 5.41) is 8.16. The summed E-state index contributed by atoms with van der Waals surface area (Å²) in [5.41, 5.74) is 5.05. The molecule has 0 saturated heterocycles. The Bertz CT molecular complexity index is 1880. The largest absolute Gasteiger partial charge is 0.309 e. The van der Waals surface area contributed by atoms with Gasteiger partial charge in [-0.1, -0.05) is 147 Å². The Morgan fingerprint density at radius 1 is 0.439 bits per heavy atom. The van der Waals surface area contributed by atoms with Gasteiger partial charge in [0.05, 0.1) is 11.0 Å². The van der Waals surface area contributed by atoms with E-state index in [1.165, 1.54) is 53.8 Å². The van der Waals surface area contributed by atoms with Gasteiger partial charge < -0.3 is 4.57 Å². The second-order valence-corrected chi connectivity index (χ2v) is 15.0. The van der Waals surface area contributed by atoms with Gasteiger partial charge in [0.15, 0.2) is 8.07 Å². The predicted molar refractivity (Wildman–Crippen MR) is 178 cm³/mol. The van der Waals surface area contributed by atoms with Gasteiger partial charge in [0, 0.05) is 16.5 Å². The molecular weight excluding hydrogens is 511 g/mol. The Morgan fingerprint density at radius 2 is 0.902 bits per heavy atom. The topological polar surface area (TPSA) is 4.93 Å². The number of aromatic nitrogens is 1. The molecule has 0 aliphatic carbocycles. The molecule has 2 heteroatoms. The highest BCUT2D eigenvalue weighted by Crippen LogP contribution is 2.31. The first-order valence-corrected chi connectivity index (χ1v) is 16.5. The number of fused-ring (bicyclic) bond motifs is 3. The van der Waals surface area contributed by atoms with Crippen LogP contribution in [0.3, 0.4) is 0 Å². The van der Waals surface area contributed by atoms with Crippen molar-refractivity contribution >= 4 is 50.6 Å². The van der Waals surface area contributed by atoms with E-state index in [-0.39, 0.29) is 0 Å². The third kappa shape index (κ3) is 4.14. The normalized spacial score (nSPS) is 11.9. The van der Waals surface area contributed by atoms with E-state index < -0.39 is 8.07 Å². The zero-order valence-electron chi connectivity index (χ0n) is 23.5. The van der Waals surface area contributed by atoms with Gasteiger partial charge in [0.2, 0.25) is 0 Å². The van der Waals surface area contributed by atoms with Gasteiger partial charge in [0.1, 0.15) is 0 Å². The van der Waals surface area contributed by atoms with Crippen LogP contribution in [0, 0.1) is 0 Å². The van der Waals surface area contributed by atoms with Crippen molar-refractivity contribution in [2.75, 3.05) is 0 Å². The average Bonchev–Trinajstić information content (AvgIpc) is 3.37. The van der Waals surface area contributed by atoms with Crippen molar-refractivity contribution in [1.82, 2.24) is 4.57 Å². The van der Waals surface area contributed by atoms with Gasteiger partial charge in [0.25, 0.3) is 0 Å². The third-order valence-corrected chi connectivity index (χ3v) is 13.3. The maximum atomic E-state index is 2.48. The zero-order valence-corrected chi connectivity index (χ0v) is 24.5. The fourth-order valence-corrected chi connectivity index (χ4v) is 11.4. The molecule has 0 unspecified atom stereocenters. The van der Waals surface area contributed by atoms with Crippen LogP contribution >= 0.6 is 0 Å². The van der Waals surface area contributed by atoms with Crippen LogP contribution in [-0.4, -0.2) is 12.6 Å². The van der Waals surface area contributed by atoms with Crippen molar-refractivity contribution in [1.29, 1.82) is 0 Å². The van der Waals surface area contributed by atoms with Gasteiger partial charge in [-0.15, -0.1) is 0 Å². The summed E-state index contributed by atoms with van der Waals surface area (Å²) < 4.78 is 2.44. The molecule has 198 valence electrons. The van der Waals surface area contributed by atoms with E-state index in [9.17, 15) is 0 Å². The lowest BCUT2D eigenvalue weighted by molar-refractivity contribution is 0.868. The molecule has 0 spiro atoms. The van der Waals surface area contributed by atoms with Gasteiger partial charge in [-0.3, -0.25) is 0 Å². The van der Waals surface area contributed by atoms with Crippen molar-refractivity contribution in [2.24, 2.45) is 0 Å². The van der Waals surface area contributed by atoms with Gasteiger partial charge in [-0.2, -0.15) is 0 Å². The molecule has 7 aromatic rings. The minimum Gasteiger partial charge on any atom is -0.309 e. The van der Waals surface area contributed by atoms with E-state index in [4.69, 9.17) is 0 Å². The highest BCUT2D eigenvalue weighted by Gasteiger charge is 2.41. The van der Waals surface area contributed by atoms with Crippen LogP contribution in [0.5, 0.6) is 0 Å². The summed E-state index contributed by atoms with van der Waals surface area (Å²) in [7, 11) is -2.67. The summed E-state index contributed by atoms with van der Waals surface area (Å²) >= 11 is 0. The molecule has 41 heavy (non-hydrogen) atoms. The molecule has 1 nitrogen and oxygen atoms in total. The van der Waals surface area contributed by atoms with Crippen LogP contribution in [0.4, 0.5) is 0 Å². The highest BCUT2D eigenvalue weighted by atomic mass is 28.3. The maximum Gasteiger partial charge on any atom is 0.179 e. The summed E-state index contributed by atoms with van der Waals surface area (Å²) in [4.78, 5) is 0. The number of para-hydroxylation sites is 2. The number of benzene rings is 6. The fourth-order valence-electron chi connectivity index (χ4n) is 6.59. The first-order valence-electron chi connectivity index (χ1n) is 14.5. The minimum absolute atomic E-state index is 0.456. The smallest absolute Gasteiger partial charge is 0.179 e. The minimum atomic E-state index is -2.67. The molecule has 0 N–H and O–H groups in total. The van der Waals surface area contributed by atoms with Crippen molar-refractivity contribution < 1.29 is 0 Å². The number of hydrogen-bond acceptors (Lipinski definition) is 0. The lowest BCUT2D eigenvalue weighted by atomic mass is 10.0. The standard InChI is InChI=1S/C39H33NSi/c1-29(2)30-15-13-21-34(27-30)41(32-17-5-3-6-18-32,33-19-7-4-8-20-33)35-22-14-16-31(28-35)40-38-25-11-9-23-36(38)37-24-10-12-26-39(37)40/h3-29H,1-2H3. The highest BCUT2D eigenvalue weighted by molar-refractivity contribution is 7.19. The van der Waals surface area contributed by atoms with E-state index >= 15 is 0 Å². The molecule has 0 saturated carbocycles. The van der Waals surface area contributed by atoms with E-state index in [0.717, 1.165) is 0 Å². The van der Waals surface area contributed by atoms with E-state index in [2.05, 4.69) is 176 Å². The predicted octanol–water partition coefficient (Wildman–Crippen LogP) is 7.28. The summed E-state index contributed by atoms with van der Waals surface area (Å²) in [6.45, 7) is 4.58. The SMILES string of the molecule is CC(C)c1cccc([Si](c2ccccc2)(c2ccccc2)c2cccc(-n3c4ccccc4c4ccccc43)c2)c1. The Labute approximate surface area is 243 Å². The monoisotopic (exact) mass is 543 g/mol. The fraction of sp³-hybridized carbons (Fsp3) is 0.0769. The quantitative estimate of drug-likeness (QED) is 0.153. The summed E-state index contributed by atoms with van der Waals surface area (Å²) in [5.74, 6) is 0.456. The lowest BCUT2D eigenvalue weighted by Gasteiger charge is -2.35. The first kappa shape index (κ1) is 25.3. The Hall–Kier alpha value is -4.66. The molecule has 0 amide bonds. The van der Waals surface area contributed by atoms with Crippen molar-refractivity contribution in [2.45, 2.75) is 19.8 Å². The van der Waals surface area contributed by atoms with E-state index in [1.54, 1.807) is 0 Å². The van der Waals surface area contributed by atoms with Gasteiger partial charge in [-0.05, 0) is 56.5 Å². The molecule has 0 radical (unpaired) electrons. The maximum absolute atomic E-state index is 2.67. The first-order chi connectivity index (χ1) is 20.2. The number of rotatable bonds is 6. The lowest BCUT2D eigenvalue weighted by Crippen LogP contribution is -2.74. The second kappa shape index (κ2) is 10.4. The molecule has 0 aliphatic heterocycles. The Morgan fingerprint density at radius 3 is 1.46 bits per heavy atom. The third-order valence-electron chi connectivity index (χ3n) is 8.52. The molecular formula is C39H33NSi. The van der Waals surface area contributed by atoms with Crippen LogP contribution in [0.1, 0.15) is 25.3 Å². The number of hydrogen-bond donors (Lipinski definition) is 0.